The largest absolute Gasteiger partial charge is 0.479 e. The first-order valence-corrected chi connectivity index (χ1v) is 8.41. The first kappa shape index (κ1) is 16.9. The summed E-state index contributed by atoms with van der Waals surface area (Å²) in [7, 11) is 0. The molecule has 1 aliphatic heterocycles. The number of carbonyl (C=O) groups is 2. The number of aryl methyl sites for hydroxylation is 1. The van der Waals surface area contributed by atoms with Gasteiger partial charge in [-0.3, -0.25) is 9.78 Å². The van der Waals surface area contributed by atoms with Crippen molar-refractivity contribution in [1.82, 2.24) is 30.0 Å². The molecule has 0 radical (unpaired) electrons. The number of hydrogen-bond acceptors (Lipinski definition) is 7. The Hall–Kier alpha value is -3.56. The van der Waals surface area contributed by atoms with Crippen molar-refractivity contribution in [1.29, 1.82) is 0 Å². The van der Waals surface area contributed by atoms with E-state index in [1.807, 2.05) is 0 Å². The van der Waals surface area contributed by atoms with Gasteiger partial charge >= 0.3 is 5.97 Å². The number of nitrogens with zero attached hydrogens (tertiary/aromatic N) is 5. The molecule has 27 heavy (non-hydrogen) atoms. The van der Waals surface area contributed by atoms with Crippen molar-refractivity contribution in [3.05, 3.63) is 48.1 Å². The molecule has 0 bridgehead atoms. The maximum absolute atomic E-state index is 12.6. The van der Waals surface area contributed by atoms with Crippen LogP contribution in [0.5, 0.6) is 0 Å². The number of pyridine rings is 1. The lowest BCUT2D eigenvalue weighted by Gasteiger charge is -2.32. The van der Waals surface area contributed by atoms with Gasteiger partial charge in [0.25, 0.3) is 0 Å². The summed E-state index contributed by atoms with van der Waals surface area (Å²) in [5, 5.41) is 13.4. The van der Waals surface area contributed by atoms with E-state index in [0.717, 1.165) is 11.3 Å². The number of imidazole rings is 1. The Labute approximate surface area is 153 Å². The van der Waals surface area contributed by atoms with E-state index < -0.39 is 12.0 Å². The Morgan fingerprint density at radius 1 is 1.33 bits per heavy atom. The maximum Gasteiger partial charge on any atom is 0.332 e. The molecule has 2 N–H and O–H groups in total. The number of rotatable bonds is 5. The van der Waals surface area contributed by atoms with E-state index in [2.05, 4.69) is 25.1 Å². The van der Waals surface area contributed by atoms with Gasteiger partial charge in [0.05, 0.1) is 12.0 Å². The molecular formula is C17H16N6O4. The molecule has 0 saturated heterocycles. The summed E-state index contributed by atoms with van der Waals surface area (Å²) in [6.07, 6.45) is 5.54. The molecule has 0 fully saturated rings. The highest BCUT2D eigenvalue weighted by Crippen LogP contribution is 2.28. The number of aromatic amines is 1. The summed E-state index contributed by atoms with van der Waals surface area (Å²) in [5.41, 5.74) is 1.91. The van der Waals surface area contributed by atoms with Gasteiger partial charge in [-0.1, -0.05) is 5.16 Å². The highest BCUT2D eigenvalue weighted by molar-refractivity contribution is 5.85. The number of amides is 1. The van der Waals surface area contributed by atoms with Crippen LogP contribution in [0.15, 0.2) is 35.4 Å². The molecule has 0 aromatic carbocycles. The summed E-state index contributed by atoms with van der Waals surface area (Å²) >= 11 is 0. The van der Waals surface area contributed by atoms with Crippen molar-refractivity contribution in [2.45, 2.75) is 25.3 Å². The van der Waals surface area contributed by atoms with Gasteiger partial charge in [-0.25, -0.2) is 9.78 Å². The van der Waals surface area contributed by atoms with Crippen molar-refractivity contribution in [2.24, 2.45) is 0 Å². The van der Waals surface area contributed by atoms with Gasteiger partial charge in [0.2, 0.25) is 17.6 Å². The lowest BCUT2D eigenvalue weighted by atomic mass is 10.0. The lowest BCUT2D eigenvalue weighted by Crippen LogP contribution is -2.43. The van der Waals surface area contributed by atoms with E-state index in [1.54, 1.807) is 24.5 Å². The second-order valence-corrected chi connectivity index (χ2v) is 6.09. The van der Waals surface area contributed by atoms with Crippen molar-refractivity contribution in [3.8, 4) is 11.4 Å². The fraction of sp³-hybridized carbons (Fsp3) is 0.294. The Morgan fingerprint density at radius 3 is 2.93 bits per heavy atom. The van der Waals surface area contributed by atoms with Gasteiger partial charge in [0, 0.05) is 49.5 Å². The Bertz CT molecular complexity index is 967. The first-order valence-electron chi connectivity index (χ1n) is 8.41. The van der Waals surface area contributed by atoms with Gasteiger partial charge < -0.3 is 19.5 Å². The monoisotopic (exact) mass is 368 g/mol. The minimum atomic E-state index is -1.10. The number of carboxylic acid groups (broad SMARTS) is 1. The van der Waals surface area contributed by atoms with Crippen LogP contribution in [0.25, 0.3) is 11.4 Å². The number of fused-ring (bicyclic) bond motifs is 1. The van der Waals surface area contributed by atoms with E-state index in [0.29, 0.717) is 30.4 Å². The summed E-state index contributed by atoms with van der Waals surface area (Å²) in [5.74, 6) is -0.657. The lowest BCUT2D eigenvalue weighted by molar-refractivity contribution is -0.151. The first-order chi connectivity index (χ1) is 13.1. The molecule has 0 spiro atoms. The number of H-pyrrole nitrogens is 1. The van der Waals surface area contributed by atoms with Crippen LogP contribution in [-0.2, 0) is 22.4 Å². The highest BCUT2D eigenvalue weighted by atomic mass is 16.5. The van der Waals surface area contributed by atoms with Crippen molar-refractivity contribution < 1.29 is 19.2 Å². The normalized spacial score (nSPS) is 16.1. The zero-order valence-corrected chi connectivity index (χ0v) is 14.2. The summed E-state index contributed by atoms with van der Waals surface area (Å²) in [6.45, 7) is 0.317. The highest BCUT2D eigenvalue weighted by Gasteiger charge is 2.37. The second-order valence-electron chi connectivity index (χ2n) is 6.09. The van der Waals surface area contributed by atoms with E-state index in [4.69, 9.17) is 4.52 Å². The molecule has 4 rings (SSSR count). The van der Waals surface area contributed by atoms with E-state index in [9.17, 15) is 14.7 Å². The molecular weight excluding hydrogens is 352 g/mol. The van der Waals surface area contributed by atoms with Crippen LogP contribution in [0.1, 0.15) is 29.7 Å². The Balaban J connectivity index is 1.44. The maximum atomic E-state index is 12.6. The SMILES string of the molecule is O=C(O)[C@@H]1c2nc[nH]c2CCN1C(=O)CCc1nc(-c2ccncc2)no1. The smallest absolute Gasteiger partial charge is 0.332 e. The average Bonchev–Trinajstić information content (AvgIpc) is 3.35. The van der Waals surface area contributed by atoms with E-state index in [1.165, 1.54) is 11.2 Å². The number of carbonyl (C=O) groups excluding carboxylic acids is 1. The number of aliphatic carboxylic acids is 1. The standard InChI is InChI=1S/C17H16N6O4/c24-13(23-8-5-11-14(20-9-19-11)15(23)17(25)26)2-1-12-21-16(22-27-12)10-3-6-18-7-4-10/h3-4,6-7,9,15H,1-2,5,8H2,(H,19,20)(H,25,26)/t15-/m0/s1. The molecule has 4 heterocycles. The zero-order valence-electron chi connectivity index (χ0n) is 14.2. The molecule has 1 aliphatic rings. The van der Waals surface area contributed by atoms with Crippen LogP contribution in [0.3, 0.4) is 0 Å². The number of nitrogens with one attached hydrogen (secondary N) is 1. The molecule has 10 heteroatoms. The number of carboxylic acids is 1. The topological polar surface area (TPSA) is 138 Å². The molecule has 3 aromatic heterocycles. The summed E-state index contributed by atoms with van der Waals surface area (Å²) in [4.78, 5) is 40.8. The predicted octanol–water partition coefficient (Wildman–Crippen LogP) is 0.998. The Morgan fingerprint density at radius 2 is 2.15 bits per heavy atom. The van der Waals surface area contributed by atoms with E-state index >= 15 is 0 Å². The molecule has 0 aliphatic carbocycles. The van der Waals surface area contributed by atoms with Crippen molar-refractivity contribution in [2.75, 3.05) is 6.54 Å². The minimum Gasteiger partial charge on any atom is -0.479 e. The van der Waals surface area contributed by atoms with Crippen LogP contribution < -0.4 is 0 Å². The third-order valence-corrected chi connectivity index (χ3v) is 4.44. The molecule has 3 aromatic rings. The molecule has 10 nitrogen and oxygen atoms in total. The van der Waals surface area contributed by atoms with Gasteiger partial charge in [0.1, 0.15) is 0 Å². The minimum absolute atomic E-state index is 0.0709. The average molecular weight is 368 g/mol. The molecule has 0 unspecified atom stereocenters. The summed E-state index contributed by atoms with van der Waals surface area (Å²) in [6, 6.07) is 2.43. The van der Waals surface area contributed by atoms with Gasteiger partial charge in [-0.05, 0) is 12.1 Å². The van der Waals surface area contributed by atoms with Crippen molar-refractivity contribution in [3.63, 3.8) is 0 Å². The fourth-order valence-electron chi connectivity index (χ4n) is 3.13. The summed E-state index contributed by atoms with van der Waals surface area (Å²) < 4.78 is 5.19. The fourth-order valence-corrected chi connectivity index (χ4v) is 3.13. The van der Waals surface area contributed by atoms with Gasteiger partial charge in [0.15, 0.2) is 6.04 Å². The molecule has 1 atom stereocenters. The van der Waals surface area contributed by atoms with Crippen molar-refractivity contribution >= 4 is 11.9 Å². The number of aromatic nitrogens is 5. The second kappa shape index (κ2) is 6.98. The van der Waals surface area contributed by atoms with E-state index in [-0.39, 0.29) is 18.7 Å². The molecule has 138 valence electrons. The van der Waals surface area contributed by atoms with Crippen LogP contribution in [-0.4, -0.2) is 53.5 Å². The van der Waals surface area contributed by atoms with Crippen LogP contribution in [0.2, 0.25) is 0 Å². The quantitative estimate of drug-likeness (QED) is 0.680. The van der Waals surface area contributed by atoms with Crippen LogP contribution >= 0.6 is 0 Å². The zero-order chi connectivity index (χ0) is 18.8. The molecule has 0 saturated carbocycles. The van der Waals surface area contributed by atoms with Gasteiger partial charge in [-0.15, -0.1) is 0 Å². The molecule has 1 amide bonds. The van der Waals surface area contributed by atoms with Crippen LogP contribution in [0, 0.1) is 0 Å². The Kier molecular flexibility index (Phi) is 4.37. The predicted molar refractivity (Wildman–Crippen MR) is 90.2 cm³/mol. The number of hydrogen-bond donors (Lipinski definition) is 2. The van der Waals surface area contributed by atoms with Gasteiger partial charge in [-0.2, -0.15) is 4.98 Å². The third-order valence-electron chi connectivity index (χ3n) is 4.44. The van der Waals surface area contributed by atoms with Crippen LogP contribution in [0.4, 0.5) is 0 Å². The third kappa shape index (κ3) is 3.28.